The Balaban J connectivity index is 1.57. The minimum Gasteiger partial charge on any atom is -0.504 e. The van der Waals surface area contributed by atoms with Gasteiger partial charge in [0, 0.05) is 29.3 Å². The van der Waals surface area contributed by atoms with Crippen LogP contribution in [0, 0.1) is 5.82 Å². The molecule has 2 atom stereocenters. The summed E-state index contributed by atoms with van der Waals surface area (Å²) < 4.78 is 31.1. The molecule has 0 radical (unpaired) electrons. The van der Waals surface area contributed by atoms with Crippen LogP contribution < -0.4 is 19.5 Å². The highest BCUT2D eigenvalue weighted by Gasteiger charge is 2.30. The number of nitrogens with one attached hydrogen (secondary N) is 1. The van der Waals surface area contributed by atoms with Gasteiger partial charge in [-0.2, -0.15) is 0 Å². The fourth-order valence-corrected chi connectivity index (χ4v) is 4.11. The minimum atomic E-state index is -0.620. The van der Waals surface area contributed by atoms with Crippen LogP contribution in [0.25, 0.3) is 0 Å². The molecule has 0 saturated heterocycles. The zero-order chi connectivity index (χ0) is 22.1. The zero-order valence-electron chi connectivity index (χ0n) is 17.5. The molecule has 2 heterocycles. The van der Waals surface area contributed by atoms with Crippen molar-refractivity contribution in [1.82, 2.24) is 5.32 Å². The molecule has 2 aliphatic rings. The molecule has 0 spiro atoms. The first-order chi connectivity index (χ1) is 15.6. The molecule has 7 heteroatoms. The molecular weight excluding hydrogens is 411 g/mol. The second-order valence-corrected chi connectivity index (χ2v) is 7.62. The number of nitrogens with zero attached hydrogens (tertiary/aromatic N) is 1. The van der Waals surface area contributed by atoms with Crippen LogP contribution in [0.4, 0.5) is 4.39 Å². The van der Waals surface area contributed by atoms with Gasteiger partial charge < -0.3 is 19.3 Å². The van der Waals surface area contributed by atoms with Crippen molar-refractivity contribution in [2.75, 3.05) is 13.4 Å². The lowest BCUT2D eigenvalue weighted by molar-refractivity contribution is 0.174. The summed E-state index contributed by atoms with van der Waals surface area (Å²) in [6, 6.07) is 17.3. The van der Waals surface area contributed by atoms with E-state index in [9.17, 15) is 9.50 Å². The number of hydrogen-bond donors (Lipinski definition) is 2. The molecule has 164 valence electrons. The van der Waals surface area contributed by atoms with E-state index in [4.69, 9.17) is 19.2 Å². The van der Waals surface area contributed by atoms with Gasteiger partial charge >= 0.3 is 0 Å². The van der Waals surface area contributed by atoms with Crippen LogP contribution in [0.3, 0.4) is 0 Å². The average Bonchev–Trinajstić information content (AvgIpc) is 3.28. The second-order valence-electron chi connectivity index (χ2n) is 7.62. The summed E-state index contributed by atoms with van der Waals surface area (Å²) in [6.45, 7) is 2.49. The van der Waals surface area contributed by atoms with Crippen LogP contribution in [0.15, 0.2) is 65.7 Å². The van der Waals surface area contributed by atoms with E-state index < -0.39 is 6.17 Å². The van der Waals surface area contributed by atoms with Gasteiger partial charge in [-0.15, -0.1) is 0 Å². The van der Waals surface area contributed by atoms with Crippen molar-refractivity contribution in [2.24, 2.45) is 4.99 Å². The predicted molar refractivity (Wildman–Crippen MR) is 118 cm³/mol. The minimum absolute atomic E-state index is 0.0751. The molecule has 3 aromatic carbocycles. The van der Waals surface area contributed by atoms with Gasteiger partial charge in [0.1, 0.15) is 12.0 Å². The Morgan fingerprint density at radius 2 is 1.88 bits per heavy atom. The van der Waals surface area contributed by atoms with Crippen LogP contribution in [0.5, 0.6) is 23.0 Å². The summed E-state index contributed by atoms with van der Waals surface area (Å²) in [4.78, 5) is 4.83. The Hall–Kier alpha value is -3.58. The number of rotatable bonds is 5. The smallest absolute Gasteiger partial charge is 0.231 e. The van der Waals surface area contributed by atoms with Crippen molar-refractivity contribution >= 4 is 5.71 Å². The lowest BCUT2D eigenvalue weighted by atomic mass is 9.93. The monoisotopic (exact) mass is 434 g/mol. The first-order valence-corrected chi connectivity index (χ1v) is 10.6. The van der Waals surface area contributed by atoms with Gasteiger partial charge in [0.25, 0.3) is 0 Å². The topological polar surface area (TPSA) is 72.3 Å². The normalized spacial score (nSPS) is 19.5. The molecular formula is C25H23FN2O4. The molecule has 2 N–H and O–H groups in total. The van der Waals surface area contributed by atoms with Crippen molar-refractivity contribution < 1.29 is 23.7 Å². The Bertz CT molecular complexity index is 1180. The molecule has 5 rings (SSSR count). The fourth-order valence-electron chi connectivity index (χ4n) is 4.11. The van der Waals surface area contributed by atoms with Gasteiger partial charge in [-0.3, -0.25) is 10.3 Å². The zero-order valence-corrected chi connectivity index (χ0v) is 17.5. The Kier molecular flexibility index (Phi) is 5.41. The number of phenols is 1. The highest BCUT2D eigenvalue weighted by molar-refractivity contribution is 6.02. The number of benzene rings is 3. The van der Waals surface area contributed by atoms with Gasteiger partial charge in [0.2, 0.25) is 6.79 Å². The van der Waals surface area contributed by atoms with E-state index in [2.05, 4.69) is 5.32 Å². The first-order valence-electron chi connectivity index (χ1n) is 10.6. The van der Waals surface area contributed by atoms with Gasteiger partial charge in [-0.25, -0.2) is 4.39 Å². The fraction of sp³-hybridized carbons (Fsp3) is 0.240. The van der Waals surface area contributed by atoms with E-state index in [1.807, 2.05) is 37.3 Å². The van der Waals surface area contributed by atoms with Gasteiger partial charge in [-0.1, -0.05) is 30.3 Å². The summed E-state index contributed by atoms with van der Waals surface area (Å²) in [5.74, 6) is 1.50. The molecule has 0 aliphatic carbocycles. The van der Waals surface area contributed by atoms with Crippen molar-refractivity contribution in [1.29, 1.82) is 0 Å². The highest BCUT2D eigenvalue weighted by atomic mass is 19.1. The van der Waals surface area contributed by atoms with E-state index in [1.54, 1.807) is 24.3 Å². The number of halogens is 1. The van der Waals surface area contributed by atoms with E-state index in [-0.39, 0.29) is 24.4 Å². The Morgan fingerprint density at radius 3 is 2.72 bits per heavy atom. The van der Waals surface area contributed by atoms with Crippen LogP contribution in [0.2, 0.25) is 0 Å². The molecule has 0 saturated carbocycles. The predicted octanol–water partition coefficient (Wildman–Crippen LogP) is 4.88. The molecule has 0 unspecified atom stereocenters. The van der Waals surface area contributed by atoms with Crippen molar-refractivity contribution in [2.45, 2.75) is 25.6 Å². The van der Waals surface area contributed by atoms with Crippen molar-refractivity contribution in [3.63, 3.8) is 0 Å². The summed E-state index contributed by atoms with van der Waals surface area (Å²) >= 11 is 0. The number of phenolic OH excluding ortho intramolecular Hbond substituents is 1. The van der Waals surface area contributed by atoms with Crippen molar-refractivity contribution in [3.05, 3.63) is 83.2 Å². The van der Waals surface area contributed by atoms with E-state index >= 15 is 0 Å². The molecule has 0 bridgehead atoms. The molecule has 0 amide bonds. The number of hydrogen-bond acceptors (Lipinski definition) is 6. The largest absolute Gasteiger partial charge is 0.504 e. The SMILES string of the molecule is CCOc1cccc([C@@H]2CC(c3ccc4c(c3)OCO4)=N[C@@H](c3ccccc3F)N2)c1O. The maximum absolute atomic E-state index is 14.6. The van der Waals surface area contributed by atoms with Gasteiger partial charge in [0.15, 0.2) is 23.0 Å². The van der Waals surface area contributed by atoms with E-state index in [1.165, 1.54) is 6.07 Å². The molecule has 32 heavy (non-hydrogen) atoms. The number of aromatic hydroxyl groups is 1. The molecule has 0 aromatic heterocycles. The number of para-hydroxylation sites is 1. The quantitative estimate of drug-likeness (QED) is 0.599. The summed E-state index contributed by atoms with van der Waals surface area (Å²) in [6.07, 6.45) is -0.126. The lowest BCUT2D eigenvalue weighted by Crippen LogP contribution is -2.33. The number of fused-ring (bicyclic) bond motifs is 1. The van der Waals surface area contributed by atoms with Crippen molar-refractivity contribution in [3.8, 4) is 23.0 Å². The molecule has 6 nitrogen and oxygen atoms in total. The van der Waals surface area contributed by atoms with E-state index in [0.29, 0.717) is 41.4 Å². The Morgan fingerprint density at radius 1 is 1.06 bits per heavy atom. The summed E-state index contributed by atoms with van der Waals surface area (Å²) in [7, 11) is 0. The van der Waals surface area contributed by atoms with Gasteiger partial charge in [0.05, 0.1) is 6.61 Å². The van der Waals surface area contributed by atoms with Crippen LogP contribution in [0.1, 0.15) is 42.2 Å². The molecule has 3 aromatic rings. The van der Waals surface area contributed by atoms with Crippen LogP contribution in [-0.4, -0.2) is 24.2 Å². The first kappa shape index (κ1) is 20.3. The third-order valence-electron chi connectivity index (χ3n) is 5.65. The lowest BCUT2D eigenvalue weighted by Gasteiger charge is -2.31. The van der Waals surface area contributed by atoms with Crippen LogP contribution in [-0.2, 0) is 0 Å². The standard InChI is InChI=1S/C25H23FN2O4/c1-2-30-22-9-5-7-17(24(22)29)20-13-19(15-10-11-21-23(12-15)32-14-31-21)27-25(28-20)16-6-3-4-8-18(16)26/h3-12,20,25,28-29H,2,13-14H2,1H3/t20-,25+/m0/s1. The maximum atomic E-state index is 14.6. The molecule has 2 aliphatic heterocycles. The van der Waals surface area contributed by atoms with Crippen LogP contribution >= 0.6 is 0 Å². The Labute approximate surface area is 185 Å². The number of ether oxygens (including phenoxy) is 3. The second kappa shape index (κ2) is 8.51. The van der Waals surface area contributed by atoms with Gasteiger partial charge in [-0.05, 0) is 42.8 Å². The average molecular weight is 434 g/mol. The van der Waals surface area contributed by atoms with E-state index in [0.717, 1.165) is 11.3 Å². The third kappa shape index (κ3) is 3.76. The maximum Gasteiger partial charge on any atom is 0.231 e. The summed E-state index contributed by atoms with van der Waals surface area (Å²) in [5, 5.41) is 14.2. The highest BCUT2D eigenvalue weighted by Crippen LogP contribution is 2.40. The number of aliphatic imine (C=N–C) groups is 1. The summed E-state index contributed by atoms with van der Waals surface area (Å²) in [5.41, 5.74) is 2.75. The third-order valence-corrected chi connectivity index (χ3v) is 5.65. The molecule has 0 fully saturated rings.